The molecule has 1 aliphatic rings. The molecule has 1 aliphatic heterocycles. The number of ether oxygens (including phenoxy) is 1. The molecule has 3 aromatic rings. The number of nitrogens with zero attached hydrogens (tertiary/aromatic N) is 3. The second-order valence-electron chi connectivity index (χ2n) is 7.20. The third-order valence-electron chi connectivity index (χ3n) is 5.09. The highest BCUT2D eigenvalue weighted by atomic mass is 35.5. The molecular formula is C22H20ClF2N3O2. The van der Waals surface area contributed by atoms with E-state index >= 15 is 0 Å². The summed E-state index contributed by atoms with van der Waals surface area (Å²) < 4.78 is 34.1. The lowest BCUT2D eigenvalue weighted by molar-refractivity contribution is 0.0588. The Labute approximate surface area is 177 Å². The summed E-state index contributed by atoms with van der Waals surface area (Å²) in [6, 6.07) is 10.8. The molecule has 30 heavy (non-hydrogen) atoms. The lowest BCUT2D eigenvalue weighted by atomic mass is 10.1. The molecule has 0 aliphatic carbocycles. The minimum Gasteiger partial charge on any atom is -0.487 e. The number of hydrogen-bond acceptors (Lipinski definition) is 3. The Bertz CT molecular complexity index is 1050. The molecular weight excluding hydrogens is 412 g/mol. The maximum atomic E-state index is 13.8. The number of benzene rings is 2. The number of piperidine rings is 1. The fourth-order valence-electron chi connectivity index (χ4n) is 3.47. The van der Waals surface area contributed by atoms with Gasteiger partial charge in [0, 0.05) is 43.2 Å². The van der Waals surface area contributed by atoms with Crippen LogP contribution in [0.1, 0.15) is 28.8 Å². The Morgan fingerprint density at radius 1 is 1.17 bits per heavy atom. The van der Waals surface area contributed by atoms with Gasteiger partial charge in [-0.3, -0.25) is 9.48 Å². The highest BCUT2D eigenvalue weighted by Gasteiger charge is 2.26. The van der Waals surface area contributed by atoms with Crippen molar-refractivity contribution in [3.63, 3.8) is 0 Å². The van der Waals surface area contributed by atoms with Crippen molar-refractivity contribution in [2.45, 2.75) is 25.5 Å². The summed E-state index contributed by atoms with van der Waals surface area (Å²) in [4.78, 5) is 14.5. The third-order valence-corrected chi connectivity index (χ3v) is 5.46. The molecule has 8 heteroatoms. The molecule has 0 bridgehead atoms. The Morgan fingerprint density at radius 2 is 1.93 bits per heavy atom. The third kappa shape index (κ3) is 4.62. The van der Waals surface area contributed by atoms with E-state index in [0.29, 0.717) is 43.1 Å². The molecule has 0 spiro atoms. The molecule has 1 aromatic heterocycles. The van der Waals surface area contributed by atoms with E-state index in [0.717, 1.165) is 17.7 Å². The summed E-state index contributed by atoms with van der Waals surface area (Å²) in [5, 5.41) is 4.92. The van der Waals surface area contributed by atoms with Crippen molar-refractivity contribution in [1.82, 2.24) is 14.7 Å². The molecule has 2 heterocycles. The van der Waals surface area contributed by atoms with Crippen molar-refractivity contribution in [2.75, 3.05) is 13.1 Å². The number of carbonyl (C=O) groups excluding carboxylic acids is 1. The van der Waals surface area contributed by atoms with Crippen molar-refractivity contribution in [3.05, 3.63) is 82.6 Å². The molecule has 0 saturated carbocycles. The van der Waals surface area contributed by atoms with Gasteiger partial charge in [0.25, 0.3) is 5.91 Å². The fraction of sp³-hybridized carbons (Fsp3) is 0.273. The maximum absolute atomic E-state index is 13.8. The topological polar surface area (TPSA) is 47.4 Å². The highest BCUT2D eigenvalue weighted by Crippen LogP contribution is 2.23. The van der Waals surface area contributed by atoms with E-state index < -0.39 is 11.6 Å². The first-order valence-electron chi connectivity index (χ1n) is 9.66. The summed E-state index contributed by atoms with van der Waals surface area (Å²) in [5.41, 5.74) is 1.43. The fourth-order valence-corrected chi connectivity index (χ4v) is 3.67. The molecule has 2 aromatic carbocycles. The molecule has 1 fully saturated rings. The zero-order valence-corrected chi connectivity index (χ0v) is 16.9. The number of rotatable bonds is 5. The molecule has 5 nitrogen and oxygen atoms in total. The Morgan fingerprint density at radius 3 is 2.67 bits per heavy atom. The number of likely N-dealkylation sites (tertiary alicyclic amines) is 1. The predicted molar refractivity (Wildman–Crippen MR) is 109 cm³/mol. The van der Waals surface area contributed by atoms with E-state index in [4.69, 9.17) is 16.3 Å². The Hall–Kier alpha value is -2.93. The van der Waals surface area contributed by atoms with E-state index in [2.05, 4.69) is 5.10 Å². The van der Waals surface area contributed by atoms with Crippen molar-refractivity contribution < 1.29 is 18.3 Å². The van der Waals surface area contributed by atoms with Crippen LogP contribution in [0, 0.1) is 11.6 Å². The summed E-state index contributed by atoms with van der Waals surface area (Å²) in [6.45, 7) is 1.45. The molecule has 156 valence electrons. The van der Waals surface area contributed by atoms with Gasteiger partial charge >= 0.3 is 0 Å². The minimum atomic E-state index is -0.723. The molecule has 0 N–H and O–H groups in total. The normalized spacial score (nSPS) is 14.7. The van der Waals surface area contributed by atoms with Crippen LogP contribution in [-0.2, 0) is 6.54 Å². The van der Waals surface area contributed by atoms with Crippen LogP contribution in [0.4, 0.5) is 8.78 Å². The number of halogens is 3. The van der Waals surface area contributed by atoms with E-state index in [1.165, 1.54) is 6.07 Å². The maximum Gasteiger partial charge on any atom is 0.257 e. The summed E-state index contributed by atoms with van der Waals surface area (Å²) in [6.07, 6.45) is 4.17. The lowest BCUT2D eigenvalue weighted by Crippen LogP contribution is -2.41. The van der Waals surface area contributed by atoms with E-state index in [1.54, 1.807) is 22.0 Å². The summed E-state index contributed by atoms with van der Waals surface area (Å²) >= 11 is 6.18. The SMILES string of the molecule is O=C(c1cnn(Cc2ccccc2Cl)c1)N1CCC(Oc2ccc(F)cc2F)CC1. The van der Waals surface area contributed by atoms with Crippen molar-refractivity contribution in [2.24, 2.45) is 0 Å². The van der Waals surface area contributed by atoms with Gasteiger partial charge in [0.2, 0.25) is 0 Å². The molecule has 1 amide bonds. The van der Waals surface area contributed by atoms with Gasteiger partial charge < -0.3 is 9.64 Å². The summed E-state index contributed by atoms with van der Waals surface area (Å²) in [7, 11) is 0. The van der Waals surface area contributed by atoms with Gasteiger partial charge in [0.1, 0.15) is 11.9 Å². The van der Waals surface area contributed by atoms with Crippen LogP contribution in [0.2, 0.25) is 5.02 Å². The average Bonchev–Trinajstić information content (AvgIpc) is 3.20. The molecule has 0 unspecified atom stereocenters. The number of amides is 1. The largest absolute Gasteiger partial charge is 0.487 e. The Balaban J connectivity index is 1.33. The van der Waals surface area contributed by atoms with Crippen LogP contribution >= 0.6 is 11.6 Å². The van der Waals surface area contributed by atoms with Crippen LogP contribution in [0.3, 0.4) is 0 Å². The first-order valence-corrected chi connectivity index (χ1v) is 10.0. The highest BCUT2D eigenvalue weighted by molar-refractivity contribution is 6.31. The molecule has 0 atom stereocenters. The van der Waals surface area contributed by atoms with Crippen LogP contribution in [-0.4, -0.2) is 39.8 Å². The zero-order chi connectivity index (χ0) is 21.1. The minimum absolute atomic E-state index is 0.0297. The van der Waals surface area contributed by atoms with Gasteiger partial charge in [-0.05, 0) is 23.8 Å². The van der Waals surface area contributed by atoms with Gasteiger partial charge in [-0.1, -0.05) is 29.8 Å². The second-order valence-corrected chi connectivity index (χ2v) is 7.61. The quantitative estimate of drug-likeness (QED) is 0.595. The lowest BCUT2D eigenvalue weighted by Gasteiger charge is -2.32. The predicted octanol–water partition coefficient (Wildman–Crippen LogP) is 4.55. The summed E-state index contributed by atoms with van der Waals surface area (Å²) in [5.74, 6) is -1.44. The number of carbonyl (C=O) groups is 1. The second kappa shape index (κ2) is 8.83. The molecule has 0 radical (unpaired) electrons. The smallest absolute Gasteiger partial charge is 0.257 e. The molecule has 4 rings (SSSR count). The van der Waals surface area contributed by atoms with Gasteiger partial charge in [0.05, 0.1) is 18.3 Å². The number of aromatic nitrogens is 2. The van der Waals surface area contributed by atoms with Gasteiger partial charge in [-0.15, -0.1) is 0 Å². The van der Waals surface area contributed by atoms with Crippen molar-refractivity contribution >= 4 is 17.5 Å². The van der Waals surface area contributed by atoms with Crippen LogP contribution < -0.4 is 4.74 Å². The average molecular weight is 432 g/mol. The molecule has 1 saturated heterocycles. The monoisotopic (exact) mass is 431 g/mol. The van der Waals surface area contributed by atoms with Gasteiger partial charge in [0.15, 0.2) is 11.6 Å². The first kappa shape index (κ1) is 20.3. The van der Waals surface area contributed by atoms with Crippen LogP contribution in [0.15, 0.2) is 54.9 Å². The van der Waals surface area contributed by atoms with E-state index in [1.807, 2.05) is 24.3 Å². The van der Waals surface area contributed by atoms with Crippen molar-refractivity contribution in [1.29, 1.82) is 0 Å². The van der Waals surface area contributed by atoms with E-state index in [9.17, 15) is 13.6 Å². The van der Waals surface area contributed by atoms with Crippen LogP contribution in [0.5, 0.6) is 5.75 Å². The van der Waals surface area contributed by atoms with Gasteiger partial charge in [-0.2, -0.15) is 5.10 Å². The zero-order valence-electron chi connectivity index (χ0n) is 16.1. The standard InChI is InChI=1S/C22H20ClF2N3O2/c23-19-4-2-1-3-15(19)13-28-14-16(12-26-28)22(29)27-9-7-18(8-10-27)30-21-6-5-17(24)11-20(21)25/h1-6,11-12,14,18H,7-10,13H2. The Kier molecular flexibility index (Phi) is 5.99. The van der Waals surface area contributed by atoms with Gasteiger partial charge in [-0.25, -0.2) is 8.78 Å². The van der Waals surface area contributed by atoms with Crippen molar-refractivity contribution in [3.8, 4) is 5.75 Å². The first-order chi connectivity index (χ1) is 14.5. The van der Waals surface area contributed by atoms with Crippen LogP contribution in [0.25, 0.3) is 0 Å². The van der Waals surface area contributed by atoms with E-state index in [-0.39, 0.29) is 17.8 Å². The number of hydrogen-bond donors (Lipinski definition) is 0.